The third-order valence-corrected chi connectivity index (χ3v) is 5.57. The van der Waals surface area contributed by atoms with Gasteiger partial charge in [0.2, 0.25) is 5.91 Å². The lowest BCUT2D eigenvalue weighted by Gasteiger charge is -2.32. The molecule has 2 aliphatic rings. The van der Waals surface area contributed by atoms with E-state index in [9.17, 15) is 9.59 Å². The lowest BCUT2D eigenvalue weighted by molar-refractivity contribution is -0.126. The molecule has 1 aromatic heterocycles. The highest BCUT2D eigenvalue weighted by atomic mass is 16.5. The number of hydrogen-bond donors (Lipinski definition) is 1. The van der Waals surface area contributed by atoms with Crippen LogP contribution in [0.2, 0.25) is 0 Å². The number of furan rings is 1. The standard InChI is InChI=1S/C22H26N2O4/c1-27-18-12-8-15(9-13-18)20(21(25)23-16-5-2-3-6-16)24(17-10-11-17)22(26)19-7-4-14-28-19/h4,7-9,12-14,16-17,20H,2-3,5-6,10-11H2,1H3,(H,23,25)/t20-/m1/s1. The van der Waals surface area contributed by atoms with Gasteiger partial charge in [0.25, 0.3) is 5.91 Å². The van der Waals surface area contributed by atoms with Gasteiger partial charge in [-0.25, -0.2) is 0 Å². The molecule has 1 heterocycles. The molecular formula is C22H26N2O4. The quantitative estimate of drug-likeness (QED) is 0.793. The number of hydrogen-bond acceptors (Lipinski definition) is 4. The fourth-order valence-corrected chi connectivity index (χ4v) is 3.95. The average Bonchev–Trinajstić information content (AvgIpc) is 3.17. The fourth-order valence-electron chi connectivity index (χ4n) is 3.95. The number of ether oxygens (including phenoxy) is 1. The van der Waals surface area contributed by atoms with Crippen LogP contribution in [0.15, 0.2) is 47.1 Å². The van der Waals surface area contributed by atoms with Crippen LogP contribution in [0.1, 0.15) is 60.7 Å². The van der Waals surface area contributed by atoms with Gasteiger partial charge in [-0.15, -0.1) is 0 Å². The first kappa shape index (κ1) is 18.6. The van der Waals surface area contributed by atoms with Gasteiger partial charge in [-0.3, -0.25) is 9.59 Å². The van der Waals surface area contributed by atoms with Crippen LogP contribution in [0.4, 0.5) is 0 Å². The van der Waals surface area contributed by atoms with Gasteiger partial charge in [0.15, 0.2) is 5.76 Å². The van der Waals surface area contributed by atoms with Crippen molar-refractivity contribution in [2.45, 2.75) is 56.7 Å². The Bertz CT molecular complexity index is 806. The summed E-state index contributed by atoms with van der Waals surface area (Å²) in [5.41, 5.74) is 0.781. The first-order valence-electron chi connectivity index (χ1n) is 9.98. The molecule has 2 aromatic rings. The molecule has 1 atom stereocenters. The molecule has 1 N–H and O–H groups in total. The molecule has 0 spiro atoms. The molecule has 0 saturated heterocycles. The summed E-state index contributed by atoms with van der Waals surface area (Å²) in [6.07, 6.45) is 7.55. The molecule has 6 nitrogen and oxygen atoms in total. The normalized spacial score (nSPS) is 17.9. The van der Waals surface area contributed by atoms with Gasteiger partial charge in [-0.05, 0) is 55.5 Å². The summed E-state index contributed by atoms with van der Waals surface area (Å²) in [4.78, 5) is 28.2. The Morgan fingerprint density at radius 2 is 1.82 bits per heavy atom. The van der Waals surface area contributed by atoms with Gasteiger partial charge in [-0.2, -0.15) is 0 Å². The smallest absolute Gasteiger partial charge is 0.290 e. The van der Waals surface area contributed by atoms with Crippen LogP contribution in [0.5, 0.6) is 5.75 Å². The topological polar surface area (TPSA) is 71.8 Å². The molecule has 2 fully saturated rings. The van der Waals surface area contributed by atoms with Crippen molar-refractivity contribution in [3.63, 3.8) is 0 Å². The van der Waals surface area contributed by atoms with Crippen molar-refractivity contribution in [2.75, 3.05) is 7.11 Å². The molecule has 2 amide bonds. The molecular weight excluding hydrogens is 356 g/mol. The van der Waals surface area contributed by atoms with E-state index in [0.29, 0.717) is 5.75 Å². The fraction of sp³-hybridized carbons (Fsp3) is 0.455. The number of nitrogens with one attached hydrogen (secondary N) is 1. The highest BCUT2D eigenvalue weighted by molar-refractivity contribution is 5.96. The monoisotopic (exact) mass is 382 g/mol. The lowest BCUT2D eigenvalue weighted by Crippen LogP contribution is -2.47. The van der Waals surface area contributed by atoms with Crippen LogP contribution in [0.3, 0.4) is 0 Å². The van der Waals surface area contributed by atoms with E-state index in [4.69, 9.17) is 9.15 Å². The second-order valence-electron chi connectivity index (χ2n) is 7.59. The SMILES string of the molecule is COc1ccc([C@H](C(=O)NC2CCCC2)N(C(=O)c2ccco2)C2CC2)cc1. The van der Waals surface area contributed by atoms with Gasteiger partial charge >= 0.3 is 0 Å². The van der Waals surface area contributed by atoms with Crippen LogP contribution in [-0.2, 0) is 4.79 Å². The van der Waals surface area contributed by atoms with Crippen molar-refractivity contribution >= 4 is 11.8 Å². The van der Waals surface area contributed by atoms with E-state index < -0.39 is 6.04 Å². The second-order valence-corrected chi connectivity index (χ2v) is 7.59. The number of nitrogens with zero attached hydrogens (tertiary/aromatic N) is 1. The van der Waals surface area contributed by atoms with Crippen molar-refractivity contribution in [3.8, 4) is 5.75 Å². The summed E-state index contributed by atoms with van der Waals surface area (Å²) in [5.74, 6) is 0.617. The molecule has 4 rings (SSSR count). The Labute approximate surface area is 164 Å². The number of rotatable bonds is 7. The summed E-state index contributed by atoms with van der Waals surface area (Å²) < 4.78 is 10.6. The van der Waals surface area contributed by atoms with Gasteiger partial charge in [-0.1, -0.05) is 25.0 Å². The van der Waals surface area contributed by atoms with Crippen LogP contribution in [0.25, 0.3) is 0 Å². The minimum absolute atomic E-state index is 0.0547. The van der Waals surface area contributed by atoms with Crippen molar-refractivity contribution in [1.29, 1.82) is 0 Å². The van der Waals surface area contributed by atoms with Gasteiger partial charge in [0, 0.05) is 12.1 Å². The van der Waals surface area contributed by atoms with Crippen LogP contribution < -0.4 is 10.1 Å². The molecule has 0 bridgehead atoms. The Balaban J connectivity index is 1.67. The molecule has 2 saturated carbocycles. The number of carbonyl (C=O) groups excluding carboxylic acids is 2. The predicted octanol–water partition coefficient (Wildman–Crippen LogP) is 3.69. The summed E-state index contributed by atoms with van der Waals surface area (Å²) >= 11 is 0. The van der Waals surface area contributed by atoms with Crippen LogP contribution in [0, 0.1) is 0 Å². The number of methoxy groups -OCH3 is 1. The molecule has 0 unspecified atom stereocenters. The summed E-state index contributed by atoms with van der Waals surface area (Å²) in [7, 11) is 1.61. The summed E-state index contributed by atoms with van der Waals surface area (Å²) in [6.45, 7) is 0. The largest absolute Gasteiger partial charge is 0.497 e. The first-order valence-corrected chi connectivity index (χ1v) is 9.98. The van der Waals surface area contributed by atoms with E-state index in [1.165, 1.54) is 6.26 Å². The van der Waals surface area contributed by atoms with Crippen LogP contribution in [-0.4, -0.2) is 35.9 Å². The highest BCUT2D eigenvalue weighted by Crippen LogP contribution is 2.37. The number of amides is 2. The molecule has 28 heavy (non-hydrogen) atoms. The minimum Gasteiger partial charge on any atom is -0.497 e. The van der Waals surface area contributed by atoms with Gasteiger partial charge in [0.1, 0.15) is 11.8 Å². The third kappa shape index (κ3) is 3.91. The van der Waals surface area contributed by atoms with E-state index in [1.54, 1.807) is 24.1 Å². The van der Waals surface area contributed by atoms with Gasteiger partial charge in [0.05, 0.1) is 13.4 Å². The van der Waals surface area contributed by atoms with E-state index in [1.807, 2.05) is 24.3 Å². The Morgan fingerprint density at radius 1 is 1.11 bits per heavy atom. The molecule has 0 radical (unpaired) electrons. The van der Waals surface area contributed by atoms with E-state index in [2.05, 4.69) is 5.32 Å². The van der Waals surface area contributed by atoms with E-state index in [0.717, 1.165) is 44.1 Å². The number of benzene rings is 1. The highest BCUT2D eigenvalue weighted by Gasteiger charge is 2.43. The molecule has 0 aliphatic heterocycles. The summed E-state index contributed by atoms with van der Waals surface area (Å²) in [5, 5.41) is 3.17. The van der Waals surface area contributed by atoms with E-state index >= 15 is 0 Å². The maximum Gasteiger partial charge on any atom is 0.290 e. The molecule has 148 valence electrons. The third-order valence-electron chi connectivity index (χ3n) is 5.57. The van der Waals surface area contributed by atoms with Crippen molar-refractivity contribution in [2.24, 2.45) is 0 Å². The predicted molar refractivity (Wildman–Crippen MR) is 104 cm³/mol. The zero-order valence-corrected chi connectivity index (χ0v) is 16.1. The zero-order valence-electron chi connectivity index (χ0n) is 16.1. The number of carbonyl (C=O) groups is 2. The lowest BCUT2D eigenvalue weighted by atomic mass is 10.0. The van der Waals surface area contributed by atoms with Gasteiger partial charge < -0.3 is 19.4 Å². The molecule has 6 heteroatoms. The Hall–Kier alpha value is -2.76. The summed E-state index contributed by atoms with van der Waals surface area (Å²) in [6, 6.07) is 10.3. The minimum atomic E-state index is -0.684. The first-order chi connectivity index (χ1) is 13.7. The maximum absolute atomic E-state index is 13.3. The Morgan fingerprint density at radius 3 is 2.39 bits per heavy atom. The zero-order chi connectivity index (χ0) is 19.5. The molecule has 1 aromatic carbocycles. The average molecular weight is 382 g/mol. The van der Waals surface area contributed by atoms with E-state index in [-0.39, 0.29) is 29.7 Å². The van der Waals surface area contributed by atoms with Crippen molar-refractivity contribution in [3.05, 3.63) is 54.0 Å². The van der Waals surface area contributed by atoms with Crippen molar-refractivity contribution < 1.29 is 18.7 Å². The molecule has 2 aliphatic carbocycles. The van der Waals surface area contributed by atoms with Crippen LogP contribution >= 0.6 is 0 Å². The second kappa shape index (κ2) is 8.09. The maximum atomic E-state index is 13.3. The van der Waals surface area contributed by atoms with Crippen molar-refractivity contribution in [1.82, 2.24) is 10.2 Å². The Kier molecular flexibility index (Phi) is 5.37.